The highest BCUT2D eigenvalue weighted by molar-refractivity contribution is 5.74. The van der Waals surface area contributed by atoms with Gasteiger partial charge in [-0.15, -0.1) is 0 Å². The number of carbonyl (C=O) groups is 1. The molecule has 1 atom stereocenters. The van der Waals surface area contributed by atoms with Crippen LogP contribution >= 0.6 is 0 Å². The van der Waals surface area contributed by atoms with E-state index in [1.165, 1.54) is 0 Å². The first-order chi connectivity index (χ1) is 5.22. The van der Waals surface area contributed by atoms with Crippen molar-refractivity contribution in [2.24, 2.45) is 0 Å². The summed E-state index contributed by atoms with van der Waals surface area (Å²) < 4.78 is 28.0. The molecule has 0 aliphatic rings. The Labute approximate surface area is 64.5 Å². The summed E-state index contributed by atoms with van der Waals surface area (Å²) >= 11 is 0. The maximum atomic E-state index is 12.1. The van der Waals surface area contributed by atoms with Crippen molar-refractivity contribution in [2.45, 2.75) is 25.9 Å². The average Bonchev–Trinajstić information content (AvgIpc) is 2.03. The van der Waals surface area contributed by atoms with Crippen LogP contribution in [0.3, 0.4) is 0 Å². The molecule has 0 unspecified atom stereocenters. The summed E-state index contributed by atoms with van der Waals surface area (Å²) in [7, 11) is 0. The lowest BCUT2D eigenvalue weighted by atomic mass is 10.3. The van der Waals surface area contributed by atoms with Crippen molar-refractivity contribution >= 4 is 5.97 Å². The van der Waals surface area contributed by atoms with E-state index in [1.54, 1.807) is 0 Å². The summed E-state index contributed by atoms with van der Waals surface area (Å²) in [6.45, 7) is 0.788. The highest BCUT2D eigenvalue weighted by Gasteiger charge is 2.17. The largest absolute Gasteiger partial charge is 0.463 e. The van der Waals surface area contributed by atoms with Crippen LogP contribution in [0.15, 0.2) is 0 Å². The molecule has 0 aromatic carbocycles. The van der Waals surface area contributed by atoms with E-state index in [0.717, 1.165) is 6.42 Å². The molecule has 0 aromatic rings. The third-order valence-electron chi connectivity index (χ3n) is 1.13. The zero-order chi connectivity index (χ0) is 8.69. The van der Waals surface area contributed by atoms with Gasteiger partial charge in [-0.25, -0.2) is 13.6 Å². The maximum absolute atomic E-state index is 12.1. The Morgan fingerprint density at radius 3 is 2.73 bits per heavy atom. The predicted molar refractivity (Wildman–Crippen MR) is 36.7 cm³/mol. The Morgan fingerprint density at radius 2 is 2.27 bits per heavy atom. The van der Waals surface area contributed by atoms with Gasteiger partial charge in [-0.1, -0.05) is 13.3 Å². The molecule has 0 heterocycles. The topological polar surface area (TPSA) is 26.3 Å². The molecule has 0 N–H and O–H groups in total. The third kappa shape index (κ3) is 4.70. The van der Waals surface area contributed by atoms with E-state index in [0.29, 0.717) is 6.42 Å². The lowest BCUT2D eigenvalue weighted by molar-refractivity contribution is -0.150. The summed E-state index contributed by atoms with van der Waals surface area (Å²) in [5, 5.41) is 0. The molecule has 11 heavy (non-hydrogen) atoms. The van der Waals surface area contributed by atoms with Gasteiger partial charge in [-0.3, -0.25) is 0 Å². The van der Waals surface area contributed by atoms with E-state index < -0.39 is 18.8 Å². The number of unbranched alkanes of at least 4 members (excludes halogenated alkanes) is 1. The minimum atomic E-state index is -2.10. The van der Waals surface area contributed by atoms with E-state index in [4.69, 9.17) is 0 Å². The van der Waals surface area contributed by atoms with Gasteiger partial charge in [0.25, 0.3) is 0 Å². The first-order valence-corrected chi connectivity index (χ1v) is 3.59. The van der Waals surface area contributed by atoms with Crippen LogP contribution < -0.4 is 0 Å². The molecule has 0 aromatic heterocycles. The van der Waals surface area contributed by atoms with Crippen molar-refractivity contribution in [3.63, 3.8) is 0 Å². The van der Waals surface area contributed by atoms with E-state index in [9.17, 15) is 13.6 Å². The second-order valence-corrected chi connectivity index (χ2v) is 2.14. The molecule has 0 saturated heterocycles. The third-order valence-corrected chi connectivity index (χ3v) is 1.13. The van der Waals surface area contributed by atoms with Crippen LogP contribution in [0.25, 0.3) is 0 Å². The fourth-order valence-corrected chi connectivity index (χ4v) is 0.471. The highest BCUT2D eigenvalue weighted by atomic mass is 19.2. The molecule has 0 fully saturated rings. The van der Waals surface area contributed by atoms with Crippen molar-refractivity contribution in [1.82, 2.24) is 0 Å². The Balaban J connectivity index is 3.36. The summed E-state index contributed by atoms with van der Waals surface area (Å²) in [5.74, 6) is -1.10. The molecule has 0 amide bonds. The number of ether oxygens (including phenoxy) is 1. The Morgan fingerprint density at radius 1 is 1.64 bits per heavy atom. The van der Waals surface area contributed by atoms with Crippen LogP contribution in [0.4, 0.5) is 8.78 Å². The average molecular weight is 166 g/mol. The monoisotopic (exact) mass is 166 g/mol. The molecule has 0 radical (unpaired) electrons. The van der Waals surface area contributed by atoms with Crippen LogP contribution in [0.5, 0.6) is 0 Å². The molecule has 0 bridgehead atoms. The molecule has 0 aliphatic heterocycles. The van der Waals surface area contributed by atoms with E-state index in [-0.39, 0.29) is 6.61 Å². The predicted octanol–water partition coefficient (Wildman–Crippen LogP) is 1.64. The summed E-state index contributed by atoms with van der Waals surface area (Å²) in [4.78, 5) is 10.4. The smallest absolute Gasteiger partial charge is 0.343 e. The van der Waals surface area contributed by atoms with Crippen molar-refractivity contribution in [1.29, 1.82) is 0 Å². The molecule has 0 rings (SSSR count). The van der Waals surface area contributed by atoms with Gasteiger partial charge in [0, 0.05) is 0 Å². The zero-order valence-corrected chi connectivity index (χ0v) is 6.48. The summed E-state index contributed by atoms with van der Waals surface area (Å²) in [5.41, 5.74) is 0. The quantitative estimate of drug-likeness (QED) is 0.458. The van der Waals surface area contributed by atoms with Crippen molar-refractivity contribution in [3.05, 3.63) is 0 Å². The molecule has 2 nitrogen and oxygen atoms in total. The minimum Gasteiger partial charge on any atom is -0.463 e. The first kappa shape index (κ1) is 10.3. The summed E-state index contributed by atoms with van der Waals surface area (Å²) in [6, 6.07) is 0. The van der Waals surface area contributed by atoms with Crippen LogP contribution in [-0.4, -0.2) is 25.4 Å². The number of carbonyl (C=O) groups excluding carboxylic acids is 1. The number of rotatable bonds is 5. The van der Waals surface area contributed by atoms with Gasteiger partial charge in [-0.05, 0) is 6.42 Å². The van der Waals surface area contributed by atoms with Crippen LogP contribution in [0.2, 0.25) is 0 Å². The number of alkyl halides is 2. The normalized spacial score (nSPS) is 12.6. The molecule has 4 heteroatoms. The highest BCUT2D eigenvalue weighted by Crippen LogP contribution is 1.97. The Hall–Kier alpha value is -0.670. The SMILES string of the molecule is CCCCOC(=O)[C@H](F)CF. The van der Waals surface area contributed by atoms with Crippen LogP contribution in [0.1, 0.15) is 19.8 Å². The van der Waals surface area contributed by atoms with E-state index >= 15 is 0 Å². The second kappa shape index (κ2) is 6.07. The van der Waals surface area contributed by atoms with E-state index in [1.807, 2.05) is 6.92 Å². The molecular formula is C7H12F2O2. The van der Waals surface area contributed by atoms with Gasteiger partial charge in [0.15, 0.2) is 0 Å². The van der Waals surface area contributed by atoms with Crippen molar-refractivity contribution in [2.75, 3.05) is 13.3 Å². The lowest BCUT2D eigenvalue weighted by Crippen LogP contribution is -2.21. The fourth-order valence-electron chi connectivity index (χ4n) is 0.471. The molecule has 0 spiro atoms. The van der Waals surface area contributed by atoms with Crippen LogP contribution in [0, 0.1) is 0 Å². The van der Waals surface area contributed by atoms with Gasteiger partial charge >= 0.3 is 5.97 Å². The molecule has 0 saturated carbocycles. The van der Waals surface area contributed by atoms with Crippen molar-refractivity contribution < 1.29 is 18.3 Å². The summed E-state index contributed by atoms with van der Waals surface area (Å²) in [6.07, 6.45) is -0.559. The van der Waals surface area contributed by atoms with Crippen LogP contribution in [-0.2, 0) is 9.53 Å². The number of hydrogen-bond donors (Lipinski definition) is 0. The Bertz CT molecular complexity index is 117. The lowest BCUT2D eigenvalue weighted by Gasteiger charge is -2.04. The molecular weight excluding hydrogens is 154 g/mol. The molecule has 66 valence electrons. The minimum absolute atomic E-state index is 0.176. The standard InChI is InChI=1S/C7H12F2O2/c1-2-3-4-11-7(10)6(9)5-8/h6H,2-5H2,1H3/t6-/m1/s1. The molecule has 0 aliphatic carbocycles. The van der Waals surface area contributed by atoms with Gasteiger partial charge in [0.05, 0.1) is 6.61 Å². The number of halogens is 2. The second-order valence-electron chi connectivity index (χ2n) is 2.14. The maximum Gasteiger partial charge on any atom is 0.343 e. The van der Waals surface area contributed by atoms with Crippen molar-refractivity contribution in [3.8, 4) is 0 Å². The first-order valence-electron chi connectivity index (χ1n) is 3.59. The van der Waals surface area contributed by atoms with Gasteiger partial charge in [0.1, 0.15) is 6.67 Å². The van der Waals surface area contributed by atoms with Gasteiger partial charge in [0.2, 0.25) is 6.17 Å². The number of hydrogen-bond acceptors (Lipinski definition) is 2. The Kier molecular flexibility index (Phi) is 5.70. The van der Waals surface area contributed by atoms with Gasteiger partial charge < -0.3 is 4.74 Å². The fraction of sp³-hybridized carbons (Fsp3) is 0.857. The zero-order valence-electron chi connectivity index (χ0n) is 6.48. The van der Waals surface area contributed by atoms with E-state index in [2.05, 4.69) is 4.74 Å². The number of esters is 1. The van der Waals surface area contributed by atoms with Gasteiger partial charge in [-0.2, -0.15) is 0 Å².